The number of hydrogen-bond acceptors (Lipinski definition) is 5. The second-order valence-electron chi connectivity index (χ2n) is 20.7. The summed E-state index contributed by atoms with van der Waals surface area (Å²) in [6.07, 6.45) is 68.9. The molecule has 6 heteroatoms. The second-order valence-corrected chi connectivity index (χ2v) is 20.7. The number of nitrogens with one attached hydrogen (secondary N) is 1. The van der Waals surface area contributed by atoms with Crippen LogP contribution in [0.25, 0.3) is 0 Å². The van der Waals surface area contributed by atoms with E-state index in [2.05, 4.69) is 43.5 Å². The van der Waals surface area contributed by atoms with Crippen LogP contribution in [-0.2, 0) is 14.3 Å². The molecule has 1 amide bonds. The van der Waals surface area contributed by atoms with E-state index in [0.717, 1.165) is 70.6 Å². The quantitative estimate of drug-likeness (QED) is 0.0321. The van der Waals surface area contributed by atoms with Gasteiger partial charge in [0.2, 0.25) is 5.91 Å². The number of aliphatic hydroxyl groups is 2. The van der Waals surface area contributed by atoms with Crippen LogP contribution in [-0.4, -0.2) is 47.4 Å². The Balaban J connectivity index is 3.46. The van der Waals surface area contributed by atoms with Crippen molar-refractivity contribution in [3.8, 4) is 0 Å². The van der Waals surface area contributed by atoms with Gasteiger partial charge in [0.1, 0.15) is 0 Å². The SMILES string of the molecule is CCCCCCCCCCCCCCCCCCC(O)C(CO)NC(=O)CCCCCCCCCCCC/C=C\C=C/CCCCCOC(=O)CCCCCCCCCCCCCCCCC. The topological polar surface area (TPSA) is 95.9 Å². The Bertz CT molecular complexity index is 1040. The van der Waals surface area contributed by atoms with Crippen LogP contribution in [0.4, 0.5) is 0 Å². The van der Waals surface area contributed by atoms with E-state index in [4.69, 9.17) is 4.74 Å². The van der Waals surface area contributed by atoms with E-state index < -0.39 is 12.1 Å². The fourth-order valence-electron chi connectivity index (χ4n) is 9.40. The zero-order valence-corrected chi connectivity index (χ0v) is 45.1. The highest BCUT2D eigenvalue weighted by Crippen LogP contribution is 2.17. The number of rotatable bonds is 56. The van der Waals surface area contributed by atoms with Crippen molar-refractivity contribution >= 4 is 11.9 Å². The molecule has 0 rings (SSSR count). The number of carbonyl (C=O) groups excluding carboxylic acids is 2. The first-order valence-electron chi connectivity index (χ1n) is 30.1. The zero-order chi connectivity index (χ0) is 48.6. The number of aliphatic hydroxyl groups excluding tert-OH is 2. The van der Waals surface area contributed by atoms with E-state index in [9.17, 15) is 19.8 Å². The molecule has 0 aliphatic heterocycles. The van der Waals surface area contributed by atoms with Crippen LogP contribution in [0.3, 0.4) is 0 Å². The van der Waals surface area contributed by atoms with Crippen molar-refractivity contribution in [1.82, 2.24) is 5.32 Å². The molecule has 0 heterocycles. The summed E-state index contributed by atoms with van der Waals surface area (Å²) in [7, 11) is 0. The van der Waals surface area contributed by atoms with Gasteiger partial charge >= 0.3 is 5.97 Å². The third-order valence-electron chi connectivity index (χ3n) is 14.0. The first-order chi connectivity index (χ1) is 33.0. The maximum Gasteiger partial charge on any atom is 0.305 e. The first-order valence-corrected chi connectivity index (χ1v) is 30.1. The summed E-state index contributed by atoms with van der Waals surface area (Å²) in [5.74, 6) is -0.0529. The molecular formula is C61H117NO5. The number of esters is 1. The second kappa shape index (κ2) is 56.9. The molecule has 0 aliphatic carbocycles. The van der Waals surface area contributed by atoms with E-state index in [-0.39, 0.29) is 18.5 Å². The van der Waals surface area contributed by atoms with Crippen molar-refractivity contribution in [3.05, 3.63) is 24.3 Å². The van der Waals surface area contributed by atoms with Crippen LogP contribution in [0.5, 0.6) is 0 Å². The molecule has 6 nitrogen and oxygen atoms in total. The monoisotopic (exact) mass is 944 g/mol. The fraction of sp³-hybridized carbons (Fsp3) is 0.902. The summed E-state index contributed by atoms with van der Waals surface area (Å²) >= 11 is 0. The summed E-state index contributed by atoms with van der Waals surface area (Å²) < 4.78 is 5.46. The molecule has 0 bridgehead atoms. The van der Waals surface area contributed by atoms with Gasteiger partial charge in [-0.2, -0.15) is 0 Å². The van der Waals surface area contributed by atoms with Gasteiger partial charge in [-0.25, -0.2) is 0 Å². The van der Waals surface area contributed by atoms with Crippen LogP contribution < -0.4 is 5.32 Å². The van der Waals surface area contributed by atoms with Gasteiger partial charge in [0.25, 0.3) is 0 Å². The number of carbonyl (C=O) groups is 2. The maximum atomic E-state index is 12.5. The molecule has 0 spiro atoms. The van der Waals surface area contributed by atoms with Gasteiger partial charge in [-0.15, -0.1) is 0 Å². The van der Waals surface area contributed by atoms with Gasteiger partial charge in [0, 0.05) is 12.8 Å². The molecule has 396 valence electrons. The summed E-state index contributed by atoms with van der Waals surface area (Å²) in [6.45, 7) is 4.93. The van der Waals surface area contributed by atoms with Crippen molar-refractivity contribution in [2.24, 2.45) is 0 Å². The third kappa shape index (κ3) is 53.5. The van der Waals surface area contributed by atoms with Gasteiger partial charge in [0.15, 0.2) is 0 Å². The van der Waals surface area contributed by atoms with E-state index >= 15 is 0 Å². The molecule has 2 unspecified atom stereocenters. The van der Waals surface area contributed by atoms with Gasteiger partial charge in [-0.3, -0.25) is 9.59 Å². The Morgan fingerprint density at radius 1 is 0.418 bits per heavy atom. The summed E-state index contributed by atoms with van der Waals surface area (Å²) in [6, 6.07) is -0.549. The smallest absolute Gasteiger partial charge is 0.305 e. The average Bonchev–Trinajstić information content (AvgIpc) is 3.33. The Morgan fingerprint density at radius 3 is 1.10 bits per heavy atom. The highest BCUT2D eigenvalue weighted by atomic mass is 16.5. The summed E-state index contributed by atoms with van der Waals surface area (Å²) in [4.78, 5) is 24.5. The number of hydrogen-bond donors (Lipinski definition) is 3. The number of amides is 1. The highest BCUT2D eigenvalue weighted by Gasteiger charge is 2.20. The summed E-state index contributed by atoms with van der Waals surface area (Å²) in [5, 5.41) is 23.3. The predicted molar refractivity (Wildman–Crippen MR) is 292 cm³/mol. The molecule has 0 saturated heterocycles. The summed E-state index contributed by atoms with van der Waals surface area (Å²) in [5.41, 5.74) is 0. The Morgan fingerprint density at radius 2 is 0.731 bits per heavy atom. The van der Waals surface area contributed by atoms with Crippen LogP contribution in [0, 0.1) is 0 Å². The molecule has 0 radical (unpaired) electrons. The number of unbranched alkanes of at least 4 members (excludes halogenated alkanes) is 42. The fourth-order valence-corrected chi connectivity index (χ4v) is 9.40. The predicted octanol–water partition coefficient (Wildman–Crippen LogP) is 18.6. The van der Waals surface area contributed by atoms with Gasteiger partial charge in [-0.1, -0.05) is 282 Å². The van der Waals surface area contributed by atoms with Crippen molar-refractivity contribution in [3.63, 3.8) is 0 Å². The lowest BCUT2D eigenvalue weighted by Crippen LogP contribution is -2.45. The molecule has 0 fully saturated rings. The van der Waals surface area contributed by atoms with Crippen molar-refractivity contribution in [2.75, 3.05) is 13.2 Å². The lowest BCUT2D eigenvalue weighted by Gasteiger charge is -2.22. The molecule has 0 saturated carbocycles. The number of allylic oxidation sites excluding steroid dienone is 4. The van der Waals surface area contributed by atoms with Crippen LogP contribution >= 0.6 is 0 Å². The molecule has 3 N–H and O–H groups in total. The van der Waals surface area contributed by atoms with E-state index in [1.54, 1.807) is 0 Å². The lowest BCUT2D eigenvalue weighted by molar-refractivity contribution is -0.143. The molecule has 0 aliphatic rings. The molecular weight excluding hydrogens is 827 g/mol. The Kier molecular flexibility index (Phi) is 55.5. The van der Waals surface area contributed by atoms with Gasteiger partial charge < -0.3 is 20.3 Å². The lowest BCUT2D eigenvalue weighted by atomic mass is 10.0. The van der Waals surface area contributed by atoms with Gasteiger partial charge in [0.05, 0.1) is 25.4 Å². The molecule has 0 aromatic carbocycles. The normalized spacial score (nSPS) is 12.7. The standard InChI is InChI=1S/C61H117NO5/c1-3-5-7-9-11-13-15-17-19-26-29-33-37-41-45-49-53-59(64)58(57-63)62-60(65)54-50-46-42-38-34-30-27-23-21-20-22-24-28-32-36-40-44-48-52-56-67-61(66)55-51-47-43-39-35-31-25-18-16-14-12-10-8-6-4-2/h24,28,32,36,58-59,63-64H,3-23,25-27,29-31,33-35,37-57H2,1-2H3,(H,62,65)/b28-24-,36-32-. The van der Waals surface area contributed by atoms with Crippen molar-refractivity contribution in [2.45, 2.75) is 341 Å². The molecule has 67 heavy (non-hydrogen) atoms. The molecule has 2 atom stereocenters. The zero-order valence-electron chi connectivity index (χ0n) is 45.1. The minimum absolute atomic E-state index is 0.0100. The van der Waals surface area contributed by atoms with Crippen molar-refractivity contribution < 1.29 is 24.5 Å². The van der Waals surface area contributed by atoms with Crippen LogP contribution in [0.1, 0.15) is 328 Å². The Labute approximate surface area is 418 Å². The minimum atomic E-state index is -0.671. The maximum absolute atomic E-state index is 12.5. The Hall–Kier alpha value is -1.66. The van der Waals surface area contributed by atoms with E-state index in [1.165, 1.54) is 225 Å². The number of ether oxygens (including phenoxy) is 1. The third-order valence-corrected chi connectivity index (χ3v) is 14.0. The molecule has 0 aromatic rings. The average molecular weight is 945 g/mol. The van der Waals surface area contributed by atoms with Crippen molar-refractivity contribution in [1.29, 1.82) is 0 Å². The van der Waals surface area contributed by atoms with Crippen LogP contribution in [0.2, 0.25) is 0 Å². The van der Waals surface area contributed by atoms with E-state index in [0.29, 0.717) is 25.9 Å². The molecule has 0 aromatic heterocycles. The van der Waals surface area contributed by atoms with Gasteiger partial charge in [-0.05, 0) is 57.8 Å². The van der Waals surface area contributed by atoms with Crippen LogP contribution in [0.15, 0.2) is 24.3 Å². The largest absolute Gasteiger partial charge is 0.466 e. The minimum Gasteiger partial charge on any atom is -0.466 e. The highest BCUT2D eigenvalue weighted by molar-refractivity contribution is 5.76. The van der Waals surface area contributed by atoms with E-state index in [1.807, 2.05) is 0 Å². The first kappa shape index (κ1) is 65.3.